The molecule has 0 bridgehead atoms. The molecule has 2 aromatic carbocycles. The van der Waals surface area contributed by atoms with Crippen molar-refractivity contribution in [2.75, 3.05) is 0 Å². The molecule has 20 heavy (non-hydrogen) atoms. The molecule has 2 aromatic heterocycles. The second kappa shape index (κ2) is 3.81. The molecule has 0 amide bonds. The third-order valence-corrected chi connectivity index (χ3v) is 3.28. The van der Waals surface area contributed by atoms with Crippen LogP contribution in [0.15, 0.2) is 48.5 Å². The monoisotopic (exact) mass is 268 g/mol. The molecule has 0 fully saturated rings. The van der Waals surface area contributed by atoms with Crippen LogP contribution in [0.3, 0.4) is 0 Å². The van der Waals surface area contributed by atoms with Crippen molar-refractivity contribution < 1.29 is 15.8 Å². The molecule has 4 heteroatoms. The van der Waals surface area contributed by atoms with Gasteiger partial charge in [0, 0.05) is 21.8 Å². The van der Waals surface area contributed by atoms with Crippen LogP contribution < -0.4 is 0 Å². The number of aromatic nitrogens is 2. The molecule has 0 saturated carbocycles. The summed E-state index contributed by atoms with van der Waals surface area (Å²) in [6.07, 6.45) is 0. The zero-order valence-corrected chi connectivity index (χ0v) is 10.3. The SMILES string of the molecule is [2H]c1cccc2c1c(O)c(-c1c(O)c3c([2H])cccc3n1[2H])n2[2H]. The molecule has 0 spiro atoms. The molecule has 2 heterocycles. The van der Waals surface area contributed by atoms with Crippen molar-refractivity contribution in [3.63, 3.8) is 0 Å². The molecule has 0 atom stereocenters. The van der Waals surface area contributed by atoms with Crippen LogP contribution in [-0.2, 0) is 0 Å². The van der Waals surface area contributed by atoms with Crippen molar-refractivity contribution in [1.29, 1.82) is 0 Å². The number of para-hydroxylation sites is 2. The Hall–Kier alpha value is -2.88. The van der Waals surface area contributed by atoms with Crippen LogP contribution in [0.1, 0.15) is 2.74 Å². The first-order valence-electron chi connectivity index (χ1n) is 7.97. The van der Waals surface area contributed by atoms with Gasteiger partial charge < -0.3 is 20.2 Å². The van der Waals surface area contributed by atoms with Crippen molar-refractivity contribution in [3.8, 4) is 22.9 Å². The van der Waals surface area contributed by atoms with Gasteiger partial charge in [-0.15, -0.1) is 0 Å². The minimum atomic E-state index is -0.344. The van der Waals surface area contributed by atoms with Gasteiger partial charge in [-0.1, -0.05) is 24.3 Å². The fourth-order valence-electron chi connectivity index (χ4n) is 2.34. The largest absolute Gasteiger partial charge is 0.505 e. The number of aromatic amines is 2. The lowest BCUT2D eigenvalue weighted by atomic mass is 10.2. The van der Waals surface area contributed by atoms with E-state index in [0.29, 0.717) is 11.0 Å². The van der Waals surface area contributed by atoms with Gasteiger partial charge in [-0.3, -0.25) is 0 Å². The maximum atomic E-state index is 10.5. The quantitative estimate of drug-likeness (QED) is 0.425. The van der Waals surface area contributed by atoms with Crippen molar-refractivity contribution >= 4 is 21.8 Å². The van der Waals surface area contributed by atoms with Crippen molar-refractivity contribution in [2.45, 2.75) is 0 Å². The first-order chi connectivity index (χ1) is 11.4. The molecular formula is C16H12N2O2. The predicted octanol–water partition coefficient (Wildman–Crippen LogP) is 3.73. The van der Waals surface area contributed by atoms with E-state index in [1.165, 1.54) is 12.1 Å². The fourth-order valence-corrected chi connectivity index (χ4v) is 2.34. The molecule has 4 N–H and O–H groups in total. The summed E-state index contributed by atoms with van der Waals surface area (Å²) in [5, 5.41) is 21.4. The van der Waals surface area contributed by atoms with E-state index in [9.17, 15) is 10.2 Å². The van der Waals surface area contributed by atoms with Gasteiger partial charge in [0.15, 0.2) is 14.3 Å². The highest BCUT2D eigenvalue weighted by Crippen LogP contribution is 2.42. The number of benzene rings is 2. The average Bonchev–Trinajstić information content (AvgIpc) is 2.94. The van der Waals surface area contributed by atoms with E-state index in [1.807, 2.05) is 0 Å². The fraction of sp³-hybridized carbons (Fsp3) is 0. The maximum absolute atomic E-state index is 10.5. The minimum absolute atomic E-state index is 0.0468. The Balaban J connectivity index is 2.19. The summed E-state index contributed by atoms with van der Waals surface area (Å²) < 4.78 is 32.3. The van der Waals surface area contributed by atoms with Crippen LogP contribution in [0, 0.1) is 0 Å². The standard InChI is InChI=1S/C16H12N2O2/c19-15-9-5-1-3-7-11(9)17-13(15)14-16(20)10-6-2-4-8-12(10)18-14/h1-8,17-20H/i5D,6D/hD2. The summed E-state index contributed by atoms with van der Waals surface area (Å²) in [5.41, 5.74) is 0.414. The van der Waals surface area contributed by atoms with E-state index in [4.69, 9.17) is 5.57 Å². The predicted molar refractivity (Wildman–Crippen MR) is 78.9 cm³/mol. The first kappa shape index (κ1) is 7.65. The van der Waals surface area contributed by atoms with Crippen LogP contribution in [0.4, 0.5) is 0 Å². The molecule has 98 valence electrons. The Labute approximate surface area is 120 Å². The van der Waals surface area contributed by atoms with Gasteiger partial charge in [-0.2, -0.15) is 0 Å². The molecule has 0 aliphatic carbocycles. The van der Waals surface area contributed by atoms with Gasteiger partial charge in [0.25, 0.3) is 0 Å². The highest BCUT2D eigenvalue weighted by Gasteiger charge is 2.18. The van der Waals surface area contributed by atoms with Crippen LogP contribution in [0.2, 0.25) is 2.82 Å². The Morgan fingerprint density at radius 3 is 1.65 bits per heavy atom. The number of hydrogen-bond donors (Lipinski definition) is 4. The van der Waals surface area contributed by atoms with E-state index in [-0.39, 0.29) is 45.7 Å². The molecule has 4 rings (SSSR count). The average molecular weight is 268 g/mol. The van der Waals surface area contributed by atoms with Crippen molar-refractivity contribution in [3.05, 3.63) is 48.5 Å². The lowest BCUT2D eigenvalue weighted by Crippen LogP contribution is -1.78. The van der Waals surface area contributed by atoms with Crippen LogP contribution in [-0.4, -0.2) is 20.2 Å². The topological polar surface area (TPSA) is 72.0 Å². The molecule has 0 aliphatic rings. The lowest BCUT2D eigenvalue weighted by molar-refractivity contribution is 0.475. The van der Waals surface area contributed by atoms with Crippen molar-refractivity contribution in [2.24, 2.45) is 0 Å². The number of nitrogens with one attached hydrogen (secondary N) is 2. The Morgan fingerprint density at radius 1 is 0.800 bits per heavy atom. The highest BCUT2D eigenvalue weighted by molar-refractivity contribution is 5.99. The van der Waals surface area contributed by atoms with Crippen LogP contribution in [0.25, 0.3) is 33.2 Å². The zero-order valence-electron chi connectivity index (χ0n) is 14.3. The number of aromatic hydroxyl groups is 2. The van der Waals surface area contributed by atoms with Gasteiger partial charge in [0.1, 0.15) is 11.4 Å². The number of fused-ring (bicyclic) bond motifs is 2. The first-order valence-corrected chi connectivity index (χ1v) is 6.08. The summed E-state index contributed by atoms with van der Waals surface area (Å²) in [4.78, 5) is 1.79. The smallest absolute Gasteiger partial charge is 0.167 e. The Bertz CT molecular complexity index is 1040. The van der Waals surface area contributed by atoms with Crippen molar-refractivity contribution in [1.82, 2.24) is 9.95 Å². The van der Waals surface area contributed by atoms with Gasteiger partial charge in [-0.25, -0.2) is 0 Å². The third-order valence-electron chi connectivity index (χ3n) is 3.28. The Kier molecular flexibility index (Phi) is 1.45. The number of hydrogen-bond acceptors (Lipinski definition) is 2. The summed E-state index contributed by atoms with van der Waals surface area (Å²) in [7, 11) is 0. The van der Waals surface area contributed by atoms with E-state index < -0.39 is 0 Å². The summed E-state index contributed by atoms with van der Waals surface area (Å²) >= 11 is 0. The van der Waals surface area contributed by atoms with E-state index in [0.717, 1.165) is 9.95 Å². The molecule has 0 radical (unpaired) electrons. The van der Waals surface area contributed by atoms with Crippen LogP contribution in [0.5, 0.6) is 11.5 Å². The third kappa shape index (κ3) is 1.36. The molecule has 0 unspecified atom stereocenters. The Morgan fingerprint density at radius 2 is 1.25 bits per heavy atom. The van der Waals surface area contributed by atoms with Gasteiger partial charge in [0.2, 0.25) is 0 Å². The van der Waals surface area contributed by atoms with Crippen LogP contribution >= 0.6 is 0 Å². The van der Waals surface area contributed by atoms with E-state index in [2.05, 4.69) is 0 Å². The highest BCUT2D eigenvalue weighted by atomic mass is 16.3. The van der Waals surface area contributed by atoms with Gasteiger partial charge >= 0.3 is 0 Å². The molecular weight excluding hydrogens is 252 g/mol. The molecule has 4 nitrogen and oxygen atoms in total. The number of rotatable bonds is 1. The molecule has 4 aromatic rings. The minimum Gasteiger partial charge on any atom is -0.505 e. The normalized spacial score (nSPS) is 14.2. The number of H-pyrrole nitrogens is 2. The van der Waals surface area contributed by atoms with Gasteiger partial charge in [-0.05, 0) is 24.2 Å². The summed E-state index contributed by atoms with van der Waals surface area (Å²) in [6.45, 7) is 0. The summed E-state index contributed by atoms with van der Waals surface area (Å²) in [5.74, 6) is -0.688. The summed E-state index contributed by atoms with van der Waals surface area (Å²) in [6, 6.07) is 9.42. The maximum Gasteiger partial charge on any atom is 0.167 e. The zero-order chi connectivity index (χ0) is 17.2. The van der Waals surface area contributed by atoms with Gasteiger partial charge in [0.05, 0.1) is 2.74 Å². The second-order valence-electron chi connectivity index (χ2n) is 4.48. The molecule has 0 aliphatic heterocycles. The van der Waals surface area contributed by atoms with E-state index in [1.54, 1.807) is 24.3 Å². The molecule has 0 saturated heterocycles. The second-order valence-corrected chi connectivity index (χ2v) is 4.48. The lowest BCUT2D eigenvalue weighted by Gasteiger charge is -1.97. The van der Waals surface area contributed by atoms with E-state index >= 15 is 0 Å².